The molecule has 4 aromatic rings. The van der Waals surface area contributed by atoms with Crippen molar-refractivity contribution in [1.82, 2.24) is 19.4 Å². The molecule has 0 fully saturated rings. The number of imidazole rings is 1. The third-order valence-electron chi connectivity index (χ3n) is 4.99. The van der Waals surface area contributed by atoms with Crippen LogP contribution in [-0.2, 0) is 0 Å². The normalized spacial score (nSPS) is 11.7. The molecule has 0 unspecified atom stereocenters. The smallest absolute Gasteiger partial charge is 0.263 e. The van der Waals surface area contributed by atoms with Gasteiger partial charge >= 0.3 is 0 Å². The zero-order chi connectivity index (χ0) is 26.6. The first-order chi connectivity index (χ1) is 17.0. The van der Waals surface area contributed by atoms with E-state index in [0.717, 1.165) is 0 Å². The van der Waals surface area contributed by atoms with E-state index in [0.29, 0.717) is 5.52 Å². The number of nitrogens with one attached hydrogen (secondary N) is 2. The number of pyridine rings is 1. The minimum atomic E-state index is -2.59. The second-order valence-electron chi connectivity index (χ2n) is 7.66. The first-order valence-electron chi connectivity index (χ1n) is 10.8. The predicted molar refractivity (Wildman–Crippen MR) is 154 cm³/mol. The number of aromatic nitrogens is 4. The molecule has 0 radical (unpaired) electrons. The van der Waals surface area contributed by atoms with Crippen molar-refractivity contribution in [3.63, 3.8) is 0 Å². The number of hydrogen-bond donors (Lipinski definition) is 4. The summed E-state index contributed by atoms with van der Waals surface area (Å²) in [4.78, 5) is 34.9. The molecule has 1 aromatic carbocycles. The topological polar surface area (TPSA) is 92.2 Å². The molecule has 192 valence electrons. The molecule has 13 heteroatoms. The fourth-order valence-corrected chi connectivity index (χ4v) is 6.08. The molecular formula is C23H24Cl2FN5O2S3. The van der Waals surface area contributed by atoms with Crippen molar-refractivity contribution >= 4 is 71.8 Å². The number of carbonyl (C=O) groups is 1. The number of carbonyl (C=O) groups excluding carboxylic acids is 1. The summed E-state index contributed by atoms with van der Waals surface area (Å²) in [6.45, 7) is 5.76. The van der Waals surface area contributed by atoms with E-state index in [1.54, 1.807) is 4.40 Å². The van der Waals surface area contributed by atoms with Crippen LogP contribution in [0.2, 0.25) is 10.0 Å². The van der Waals surface area contributed by atoms with Gasteiger partial charge < -0.3 is 14.1 Å². The lowest BCUT2D eigenvalue weighted by Gasteiger charge is -2.30. The van der Waals surface area contributed by atoms with E-state index in [-0.39, 0.29) is 43.4 Å². The Morgan fingerprint density at radius 1 is 1.22 bits per heavy atom. The number of Topliss-reactive ketones (excluding diaryl/α,β-unsaturated/α-hetero) is 1. The number of thiol groups is 2. The van der Waals surface area contributed by atoms with Gasteiger partial charge in [-0.15, -0.1) is 0 Å². The molecule has 4 rings (SSSR count). The number of ketones is 1. The fourth-order valence-electron chi connectivity index (χ4n) is 3.02. The van der Waals surface area contributed by atoms with E-state index >= 15 is 4.39 Å². The summed E-state index contributed by atoms with van der Waals surface area (Å²) < 4.78 is 20.0. The first kappa shape index (κ1) is 28.4. The minimum absolute atomic E-state index is 0.0146. The summed E-state index contributed by atoms with van der Waals surface area (Å²) in [5.74, 6) is -0.926. The number of benzene rings is 1. The van der Waals surface area contributed by atoms with Crippen LogP contribution < -0.4 is 10.3 Å². The van der Waals surface area contributed by atoms with E-state index in [1.165, 1.54) is 62.9 Å². The number of hydrogen-bond acceptors (Lipinski definition) is 7. The quantitative estimate of drug-likeness (QED) is 0.107. The van der Waals surface area contributed by atoms with Gasteiger partial charge in [0.2, 0.25) is 0 Å². The van der Waals surface area contributed by atoms with Crippen molar-refractivity contribution in [1.29, 1.82) is 0 Å². The van der Waals surface area contributed by atoms with Crippen LogP contribution in [0.3, 0.4) is 0 Å². The summed E-state index contributed by atoms with van der Waals surface area (Å²) in [6.07, 6.45) is 8.35. The predicted octanol–water partition coefficient (Wildman–Crippen LogP) is 7.42. The van der Waals surface area contributed by atoms with E-state index in [2.05, 4.69) is 56.8 Å². The molecule has 0 spiro atoms. The molecule has 2 N–H and O–H groups in total. The van der Waals surface area contributed by atoms with Crippen LogP contribution in [-0.4, -0.2) is 25.1 Å². The van der Waals surface area contributed by atoms with Crippen LogP contribution in [0.25, 0.3) is 16.8 Å². The number of rotatable bonds is 6. The van der Waals surface area contributed by atoms with Crippen LogP contribution in [0.15, 0.2) is 52.8 Å². The third-order valence-corrected chi connectivity index (χ3v) is 8.68. The van der Waals surface area contributed by atoms with Gasteiger partial charge in [0.05, 0.1) is 43.6 Å². The van der Waals surface area contributed by atoms with Gasteiger partial charge in [-0.2, -0.15) is 0 Å². The molecule has 0 saturated carbocycles. The number of nitrogens with zero attached hydrogens (tertiary/aromatic N) is 3. The number of unbranched alkanes of at least 4 members (excludes halogenated alkanes) is 1. The van der Waals surface area contributed by atoms with E-state index < -0.39 is 19.7 Å². The maximum absolute atomic E-state index is 15.5. The lowest BCUT2D eigenvalue weighted by atomic mass is 10.1. The van der Waals surface area contributed by atoms with Gasteiger partial charge in [0, 0.05) is 19.3 Å². The number of H-pyrrole nitrogens is 1. The van der Waals surface area contributed by atoms with Crippen molar-refractivity contribution in [3.05, 3.63) is 75.0 Å². The Morgan fingerprint density at radius 2 is 1.92 bits per heavy atom. The fraction of sp³-hybridized carbons (Fsp3) is 0.217. The van der Waals surface area contributed by atoms with Gasteiger partial charge in [-0.1, -0.05) is 73.2 Å². The Bertz CT molecular complexity index is 1470. The summed E-state index contributed by atoms with van der Waals surface area (Å²) in [5.41, 5.74) is 0.549. The van der Waals surface area contributed by atoms with Crippen LogP contribution in [0.4, 0.5) is 10.1 Å². The first-order valence-corrected chi connectivity index (χ1v) is 15.3. The highest BCUT2D eigenvalue weighted by atomic mass is 35.5. The second kappa shape index (κ2) is 11.9. The SMILES string of the molecule is CC(=O)c1ncn2cc(-c3c(Cl)ccc(NS(S)(S)c4cc(Cl)c[nH]c4=O)c3F)ncc12.CCCC. The minimum Gasteiger partial charge on any atom is -0.327 e. The zero-order valence-electron chi connectivity index (χ0n) is 19.6. The molecule has 0 amide bonds. The average molecular weight is 589 g/mol. The number of aromatic amines is 1. The van der Waals surface area contributed by atoms with Gasteiger partial charge in [0.1, 0.15) is 12.0 Å². The van der Waals surface area contributed by atoms with Crippen molar-refractivity contribution in [2.24, 2.45) is 0 Å². The maximum atomic E-state index is 15.5. The lowest BCUT2D eigenvalue weighted by Crippen LogP contribution is -2.14. The second-order valence-corrected chi connectivity index (χ2v) is 14.4. The lowest BCUT2D eigenvalue weighted by molar-refractivity contribution is 0.101. The van der Waals surface area contributed by atoms with Crippen molar-refractivity contribution in [3.8, 4) is 11.3 Å². The number of anilines is 1. The van der Waals surface area contributed by atoms with Crippen molar-refractivity contribution in [2.75, 3.05) is 4.72 Å². The molecule has 0 aliphatic heterocycles. The zero-order valence-corrected chi connectivity index (χ0v) is 23.7. The Kier molecular flexibility index (Phi) is 9.39. The van der Waals surface area contributed by atoms with E-state index in [1.807, 2.05) is 0 Å². The molecule has 0 bridgehead atoms. The van der Waals surface area contributed by atoms with Crippen molar-refractivity contribution in [2.45, 2.75) is 38.5 Å². The average Bonchev–Trinajstić information content (AvgIpc) is 3.26. The highest BCUT2D eigenvalue weighted by Crippen LogP contribution is 2.62. The molecular weight excluding hydrogens is 564 g/mol. The van der Waals surface area contributed by atoms with Gasteiger partial charge in [0.25, 0.3) is 5.56 Å². The molecule has 0 aliphatic carbocycles. The summed E-state index contributed by atoms with van der Waals surface area (Å²) in [6, 6.07) is 4.32. The Balaban J connectivity index is 0.000000840. The Hall–Kier alpha value is -2.18. The summed E-state index contributed by atoms with van der Waals surface area (Å²) in [5, 5.41) is 0.396. The molecule has 3 aromatic heterocycles. The molecule has 3 heterocycles. The standard InChI is InChI=1S/C19H14Cl2FN5O2S3.C4H10/c1-9(28)18-14-6-23-13(7-27(14)8-25-18)16-11(21)2-3-12(17(16)22)26-32(30,31)15-4-10(20)5-24-19(15)29;1-3-4-2/h2-8,26,30-31H,1H3,(H,24,29);3-4H2,1-2H3. The monoisotopic (exact) mass is 587 g/mol. The number of halogens is 3. The third kappa shape index (κ3) is 6.20. The van der Waals surface area contributed by atoms with E-state index in [9.17, 15) is 9.59 Å². The van der Waals surface area contributed by atoms with Crippen LogP contribution in [0.5, 0.6) is 0 Å². The molecule has 36 heavy (non-hydrogen) atoms. The van der Waals surface area contributed by atoms with Gasteiger partial charge in [0.15, 0.2) is 11.6 Å². The Morgan fingerprint density at radius 3 is 2.56 bits per heavy atom. The summed E-state index contributed by atoms with van der Waals surface area (Å²) in [7, 11) is -2.59. The highest BCUT2D eigenvalue weighted by Gasteiger charge is 2.25. The van der Waals surface area contributed by atoms with Crippen molar-refractivity contribution < 1.29 is 9.18 Å². The Labute approximate surface area is 228 Å². The molecule has 0 saturated heterocycles. The highest BCUT2D eigenvalue weighted by molar-refractivity contribution is 9.18. The molecule has 7 nitrogen and oxygen atoms in total. The van der Waals surface area contributed by atoms with Gasteiger partial charge in [-0.3, -0.25) is 14.6 Å². The molecule has 0 atom stereocenters. The largest absolute Gasteiger partial charge is 0.327 e. The maximum Gasteiger partial charge on any atom is 0.263 e. The molecule has 0 aliphatic rings. The number of fused-ring (bicyclic) bond motifs is 1. The van der Waals surface area contributed by atoms with Crippen LogP contribution in [0, 0.1) is 5.82 Å². The van der Waals surface area contributed by atoms with Gasteiger partial charge in [-0.25, -0.2) is 9.37 Å². The van der Waals surface area contributed by atoms with Crippen LogP contribution >= 0.6 is 54.8 Å². The van der Waals surface area contributed by atoms with E-state index in [4.69, 9.17) is 23.2 Å². The van der Waals surface area contributed by atoms with Gasteiger partial charge in [-0.05, 0) is 26.5 Å². The van der Waals surface area contributed by atoms with Crippen LogP contribution in [0.1, 0.15) is 44.1 Å². The summed E-state index contributed by atoms with van der Waals surface area (Å²) >= 11 is 21.2.